The summed E-state index contributed by atoms with van der Waals surface area (Å²) in [7, 11) is 1.62. The summed E-state index contributed by atoms with van der Waals surface area (Å²) in [6.07, 6.45) is 0.864. The standard InChI is InChI=1S/C20H21N3O2S/c1-4-17-18(14-8-6-5-7-9-14)22-20(26-17)23-19(24)21-16-11-10-15(25-3)12-13(16)2/h5-12H,4H2,1-3H3,(H2,21,22,23,24). The van der Waals surface area contributed by atoms with Gasteiger partial charge < -0.3 is 10.1 Å². The number of thiazole rings is 1. The Morgan fingerprint density at radius 1 is 1.15 bits per heavy atom. The molecule has 0 saturated heterocycles. The summed E-state index contributed by atoms with van der Waals surface area (Å²) in [5.74, 6) is 0.758. The fourth-order valence-electron chi connectivity index (χ4n) is 2.62. The summed E-state index contributed by atoms with van der Waals surface area (Å²) in [6.45, 7) is 4.01. The van der Waals surface area contributed by atoms with Gasteiger partial charge >= 0.3 is 6.03 Å². The Morgan fingerprint density at radius 3 is 2.58 bits per heavy atom. The highest BCUT2D eigenvalue weighted by Gasteiger charge is 2.14. The van der Waals surface area contributed by atoms with E-state index < -0.39 is 0 Å². The molecule has 2 aromatic carbocycles. The number of aromatic nitrogens is 1. The number of carbonyl (C=O) groups excluding carboxylic acids is 1. The van der Waals surface area contributed by atoms with Gasteiger partial charge in [0.15, 0.2) is 5.13 Å². The van der Waals surface area contributed by atoms with Crippen LogP contribution in [0.1, 0.15) is 17.4 Å². The Bertz CT molecular complexity index is 907. The lowest BCUT2D eigenvalue weighted by Crippen LogP contribution is -2.19. The molecule has 1 aromatic heterocycles. The molecule has 2 amide bonds. The predicted octanol–water partition coefficient (Wildman–Crippen LogP) is 5.33. The Balaban J connectivity index is 1.75. The molecule has 3 aromatic rings. The van der Waals surface area contributed by atoms with Crippen molar-refractivity contribution in [2.45, 2.75) is 20.3 Å². The third-order valence-electron chi connectivity index (χ3n) is 3.97. The highest BCUT2D eigenvalue weighted by Crippen LogP contribution is 2.31. The molecule has 0 bridgehead atoms. The molecule has 6 heteroatoms. The summed E-state index contributed by atoms with van der Waals surface area (Å²) >= 11 is 1.50. The van der Waals surface area contributed by atoms with Gasteiger partial charge in [-0.25, -0.2) is 9.78 Å². The van der Waals surface area contributed by atoms with Crippen molar-refractivity contribution in [1.29, 1.82) is 0 Å². The van der Waals surface area contributed by atoms with Gasteiger partial charge in [-0.2, -0.15) is 0 Å². The average molecular weight is 367 g/mol. The van der Waals surface area contributed by atoms with E-state index in [2.05, 4.69) is 22.5 Å². The zero-order chi connectivity index (χ0) is 18.5. The van der Waals surface area contributed by atoms with Crippen molar-refractivity contribution in [3.8, 4) is 17.0 Å². The van der Waals surface area contributed by atoms with Crippen LogP contribution in [-0.4, -0.2) is 18.1 Å². The molecule has 0 saturated carbocycles. The lowest BCUT2D eigenvalue weighted by atomic mass is 10.1. The molecular formula is C20H21N3O2S. The summed E-state index contributed by atoms with van der Waals surface area (Å²) in [6, 6.07) is 15.2. The van der Waals surface area contributed by atoms with Gasteiger partial charge in [0.1, 0.15) is 5.75 Å². The molecule has 5 nitrogen and oxygen atoms in total. The minimum absolute atomic E-state index is 0.311. The summed E-state index contributed by atoms with van der Waals surface area (Å²) < 4.78 is 5.18. The lowest BCUT2D eigenvalue weighted by Gasteiger charge is -2.09. The van der Waals surface area contributed by atoms with E-state index in [1.54, 1.807) is 7.11 Å². The van der Waals surface area contributed by atoms with Crippen LogP contribution in [0.15, 0.2) is 48.5 Å². The number of carbonyl (C=O) groups is 1. The zero-order valence-corrected chi connectivity index (χ0v) is 15.8. The number of amides is 2. The lowest BCUT2D eigenvalue weighted by molar-refractivity contribution is 0.262. The second-order valence-corrected chi connectivity index (χ2v) is 6.85. The fourth-order valence-corrected chi connectivity index (χ4v) is 3.54. The average Bonchev–Trinajstić information content (AvgIpc) is 3.06. The summed E-state index contributed by atoms with van der Waals surface area (Å²) in [4.78, 5) is 18.1. The number of hydrogen-bond acceptors (Lipinski definition) is 4. The summed E-state index contributed by atoms with van der Waals surface area (Å²) in [5, 5.41) is 6.28. The van der Waals surface area contributed by atoms with Crippen molar-refractivity contribution >= 4 is 28.2 Å². The van der Waals surface area contributed by atoms with Crippen LogP contribution < -0.4 is 15.4 Å². The molecule has 26 heavy (non-hydrogen) atoms. The molecule has 0 unspecified atom stereocenters. The number of anilines is 2. The largest absolute Gasteiger partial charge is 0.497 e. The molecule has 0 atom stereocenters. The van der Waals surface area contributed by atoms with Crippen LogP contribution in [0.2, 0.25) is 0 Å². The number of benzene rings is 2. The number of nitrogens with one attached hydrogen (secondary N) is 2. The molecule has 0 aliphatic heterocycles. The van der Waals surface area contributed by atoms with Crippen molar-refractivity contribution in [2.24, 2.45) is 0 Å². The molecule has 0 aliphatic rings. The van der Waals surface area contributed by atoms with Crippen LogP contribution in [0.3, 0.4) is 0 Å². The molecule has 3 rings (SSSR count). The van der Waals surface area contributed by atoms with Crippen LogP contribution in [0.5, 0.6) is 5.75 Å². The van der Waals surface area contributed by atoms with Gasteiger partial charge in [-0.1, -0.05) is 37.3 Å². The minimum atomic E-state index is -0.311. The second kappa shape index (κ2) is 8.01. The van der Waals surface area contributed by atoms with Crippen molar-refractivity contribution in [2.75, 3.05) is 17.7 Å². The van der Waals surface area contributed by atoms with Crippen LogP contribution in [0.25, 0.3) is 11.3 Å². The molecule has 0 spiro atoms. The molecule has 1 heterocycles. The first-order valence-corrected chi connectivity index (χ1v) is 9.20. The molecule has 2 N–H and O–H groups in total. The van der Waals surface area contributed by atoms with Gasteiger partial charge in [0.2, 0.25) is 0 Å². The van der Waals surface area contributed by atoms with Crippen molar-refractivity contribution in [1.82, 2.24) is 4.98 Å². The number of methoxy groups -OCH3 is 1. The number of urea groups is 1. The molecule has 0 aliphatic carbocycles. The molecule has 0 fully saturated rings. The SMILES string of the molecule is CCc1sc(NC(=O)Nc2ccc(OC)cc2C)nc1-c1ccccc1. The Hall–Kier alpha value is -2.86. The smallest absolute Gasteiger partial charge is 0.325 e. The maximum absolute atomic E-state index is 12.3. The van der Waals surface area contributed by atoms with Crippen LogP contribution in [-0.2, 0) is 6.42 Å². The first-order valence-electron chi connectivity index (χ1n) is 8.38. The van der Waals surface area contributed by atoms with Gasteiger partial charge in [0.05, 0.1) is 12.8 Å². The summed E-state index contributed by atoms with van der Waals surface area (Å²) in [5.41, 5.74) is 3.64. The van der Waals surface area contributed by atoms with E-state index in [1.165, 1.54) is 11.3 Å². The van der Waals surface area contributed by atoms with Gasteiger partial charge in [-0.3, -0.25) is 5.32 Å². The molecular weight excluding hydrogens is 346 g/mol. The highest BCUT2D eigenvalue weighted by molar-refractivity contribution is 7.16. The van der Waals surface area contributed by atoms with E-state index >= 15 is 0 Å². The number of hydrogen-bond donors (Lipinski definition) is 2. The van der Waals surface area contributed by atoms with Crippen LogP contribution in [0, 0.1) is 6.92 Å². The third kappa shape index (κ3) is 4.03. The van der Waals surface area contributed by atoms with E-state index in [9.17, 15) is 4.79 Å². The maximum Gasteiger partial charge on any atom is 0.325 e. The van der Waals surface area contributed by atoms with E-state index in [0.717, 1.165) is 39.6 Å². The van der Waals surface area contributed by atoms with Crippen molar-refractivity contribution in [3.05, 3.63) is 59.0 Å². The second-order valence-electron chi connectivity index (χ2n) is 5.77. The van der Waals surface area contributed by atoms with Crippen LogP contribution in [0.4, 0.5) is 15.6 Å². The normalized spacial score (nSPS) is 10.4. The monoisotopic (exact) mass is 367 g/mol. The van der Waals surface area contributed by atoms with E-state index in [0.29, 0.717) is 5.13 Å². The highest BCUT2D eigenvalue weighted by atomic mass is 32.1. The molecule has 134 valence electrons. The van der Waals surface area contributed by atoms with E-state index in [-0.39, 0.29) is 6.03 Å². The fraction of sp³-hybridized carbons (Fsp3) is 0.200. The van der Waals surface area contributed by atoms with Gasteiger partial charge in [0, 0.05) is 16.1 Å². The Kier molecular flexibility index (Phi) is 5.53. The van der Waals surface area contributed by atoms with Crippen molar-refractivity contribution in [3.63, 3.8) is 0 Å². The van der Waals surface area contributed by atoms with Gasteiger partial charge in [-0.15, -0.1) is 11.3 Å². The number of rotatable bonds is 5. The van der Waals surface area contributed by atoms with E-state index in [1.807, 2.05) is 55.5 Å². The van der Waals surface area contributed by atoms with Gasteiger partial charge in [0.25, 0.3) is 0 Å². The third-order valence-corrected chi connectivity index (χ3v) is 5.08. The van der Waals surface area contributed by atoms with Crippen molar-refractivity contribution < 1.29 is 9.53 Å². The first-order chi connectivity index (χ1) is 12.6. The number of aryl methyl sites for hydroxylation is 2. The quantitative estimate of drug-likeness (QED) is 0.640. The Morgan fingerprint density at radius 2 is 1.92 bits per heavy atom. The Labute approximate surface area is 157 Å². The maximum atomic E-state index is 12.3. The van der Waals surface area contributed by atoms with E-state index in [4.69, 9.17) is 4.74 Å². The molecule has 0 radical (unpaired) electrons. The topological polar surface area (TPSA) is 63.2 Å². The number of ether oxygens (including phenoxy) is 1. The minimum Gasteiger partial charge on any atom is -0.497 e. The van der Waals surface area contributed by atoms with Crippen LogP contribution >= 0.6 is 11.3 Å². The number of nitrogens with zero attached hydrogens (tertiary/aromatic N) is 1. The first kappa shape index (κ1) is 17.9. The zero-order valence-electron chi connectivity index (χ0n) is 15.0. The van der Waals surface area contributed by atoms with Gasteiger partial charge in [-0.05, 0) is 37.1 Å². The predicted molar refractivity (Wildman–Crippen MR) is 107 cm³/mol.